The normalized spacial score (nSPS) is 18.4. The van der Waals surface area contributed by atoms with Crippen LogP contribution in [0.5, 0.6) is 0 Å². The summed E-state index contributed by atoms with van der Waals surface area (Å²) in [5.41, 5.74) is 5.16. The van der Waals surface area contributed by atoms with Crippen LogP contribution in [-0.4, -0.2) is 38.2 Å². The number of halogens is 3. The molecule has 1 aliphatic heterocycles. The van der Waals surface area contributed by atoms with E-state index in [4.69, 9.17) is 5.73 Å². The van der Waals surface area contributed by atoms with Gasteiger partial charge in [-0.15, -0.1) is 10.2 Å². The Morgan fingerprint density at radius 1 is 1.39 bits per heavy atom. The van der Waals surface area contributed by atoms with Crippen LogP contribution in [-0.2, 0) is 24.1 Å². The van der Waals surface area contributed by atoms with E-state index in [0.717, 1.165) is 4.57 Å². The first-order chi connectivity index (χ1) is 8.30. The zero-order valence-corrected chi connectivity index (χ0v) is 9.61. The topological polar surface area (TPSA) is 77.0 Å². The molecule has 1 unspecified atom stereocenters. The molecule has 6 nitrogen and oxygen atoms in total. The molecule has 0 saturated heterocycles. The van der Waals surface area contributed by atoms with Crippen LogP contribution in [0.2, 0.25) is 0 Å². The Hall–Kier alpha value is -1.64. The Bertz CT molecular complexity index is 469. The van der Waals surface area contributed by atoms with Gasteiger partial charge in [0.05, 0.1) is 12.6 Å². The summed E-state index contributed by atoms with van der Waals surface area (Å²) in [7, 11) is 0. The zero-order valence-electron chi connectivity index (χ0n) is 9.61. The summed E-state index contributed by atoms with van der Waals surface area (Å²) in [6.07, 6.45) is -4.51. The molecule has 9 heteroatoms. The van der Waals surface area contributed by atoms with Crippen molar-refractivity contribution in [3.63, 3.8) is 0 Å². The number of nitrogens with zero attached hydrogens (tertiary/aromatic N) is 4. The molecule has 2 N–H and O–H groups in total. The number of primary amides is 1. The molecule has 0 spiro atoms. The number of hydrogen-bond donors (Lipinski definition) is 1. The van der Waals surface area contributed by atoms with Gasteiger partial charge in [-0.3, -0.25) is 9.69 Å². The highest BCUT2D eigenvalue weighted by atomic mass is 19.4. The van der Waals surface area contributed by atoms with Gasteiger partial charge >= 0.3 is 6.18 Å². The molecule has 2 heterocycles. The van der Waals surface area contributed by atoms with Crippen molar-refractivity contribution in [1.29, 1.82) is 0 Å². The molecule has 0 bridgehead atoms. The highest BCUT2D eigenvalue weighted by Crippen LogP contribution is 2.29. The van der Waals surface area contributed by atoms with Crippen LogP contribution >= 0.6 is 0 Å². The second-order valence-electron chi connectivity index (χ2n) is 4.14. The summed E-state index contributed by atoms with van der Waals surface area (Å²) < 4.78 is 38.8. The number of hydrogen-bond acceptors (Lipinski definition) is 4. The molecule has 0 aromatic carbocycles. The molecule has 1 aromatic heterocycles. The van der Waals surface area contributed by atoms with Crippen molar-refractivity contribution in [2.45, 2.75) is 32.2 Å². The first-order valence-corrected chi connectivity index (χ1v) is 5.33. The lowest BCUT2D eigenvalue weighted by atomic mass is 10.2. The predicted octanol–water partition coefficient (Wildman–Crippen LogP) is -0.0137. The number of amides is 1. The molecule has 1 amide bonds. The maximum absolute atomic E-state index is 12.6. The van der Waals surface area contributed by atoms with Crippen molar-refractivity contribution >= 4 is 5.91 Å². The first kappa shape index (κ1) is 12.8. The molecule has 0 fully saturated rings. The van der Waals surface area contributed by atoms with E-state index >= 15 is 0 Å². The van der Waals surface area contributed by atoms with Gasteiger partial charge in [0.25, 0.3) is 0 Å². The molecule has 1 aliphatic rings. The fourth-order valence-electron chi connectivity index (χ4n) is 1.90. The number of rotatable bonds is 2. The van der Waals surface area contributed by atoms with Crippen LogP contribution in [0.1, 0.15) is 18.6 Å². The summed E-state index contributed by atoms with van der Waals surface area (Å²) in [6.45, 7) is 2.14. The van der Waals surface area contributed by atoms with E-state index in [2.05, 4.69) is 10.2 Å². The average molecular weight is 263 g/mol. The van der Waals surface area contributed by atoms with Crippen molar-refractivity contribution in [3.8, 4) is 0 Å². The van der Waals surface area contributed by atoms with Crippen LogP contribution in [0.4, 0.5) is 13.2 Å². The highest BCUT2D eigenvalue weighted by molar-refractivity contribution is 5.79. The van der Waals surface area contributed by atoms with E-state index in [1.807, 2.05) is 0 Å². The van der Waals surface area contributed by atoms with Gasteiger partial charge in [0.2, 0.25) is 11.7 Å². The fraction of sp³-hybridized carbons (Fsp3) is 0.667. The standard InChI is InChI=1S/C9H12F3N5O/c1-5(7(13)18)16-2-3-17-6(4-16)14-15-8(17)9(10,11)12/h5H,2-4H2,1H3,(H2,13,18). The Balaban J connectivity index is 2.22. The molecule has 0 radical (unpaired) electrons. The second-order valence-corrected chi connectivity index (χ2v) is 4.14. The van der Waals surface area contributed by atoms with Gasteiger partial charge < -0.3 is 10.3 Å². The van der Waals surface area contributed by atoms with Gasteiger partial charge in [0.15, 0.2) is 0 Å². The van der Waals surface area contributed by atoms with Crippen molar-refractivity contribution in [1.82, 2.24) is 19.7 Å². The number of nitrogens with two attached hydrogens (primary N) is 1. The molecule has 100 valence electrons. The van der Waals surface area contributed by atoms with Crippen molar-refractivity contribution in [3.05, 3.63) is 11.6 Å². The number of fused-ring (bicyclic) bond motifs is 1. The van der Waals surface area contributed by atoms with Gasteiger partial charge in [-0.2, -0.15) is 13.2 Å². The molecule has 0 aliphatic carbocycles. The Kier molecular flexibility index (Phi) is 3.01. The fourth-order valence-corrected chi connectivity index (χ4v) is 1.90. The van der Waals surface area contributed by atoms with Gasteiger partial charge in [0.1, 0.15) is 5.82 Å². The minimum Gasteiger partial charge on any atom is -0.368 e. The minimum absolute atomic E-state index is 0.0921. The van der Waals surface area contributed by atoms with Gasteiger partial charge in [-0.05, 0) is 6.92 Å². The molecule has 18 heavy (non-hydrogen) atoms. The van der Waals surface area contributed by atoms with E-state index < -0.39 is 23.9 Å². The number of aromatic nitrogens is 3. The SMILES string of the molecule is CC(C(N)=O)N1CCn2c(nnc2C(F)(F)F)C1. The lowest BCUT2D eigenvalue weighted by Crippen LogP contribution is -2.46. The molecule has 0 saturated carbocycles. The monoisotopic (exact) mass is 263 g/mol. The summed E-state index contributed by atoms with van der Waals surface area (Å²) >= 11 is 0. The molecule has 1 aromatic rings. The van der Waals surface area contributed by atoms with Crippen LogP contribution in [0.15, 0.2) is 0 Å². The average Bonchev–Trinajstić information content (AvgIpc) is 2.69. The van der Waals surface area contributed by atoms with Crippen LogP contribution in [0, 0.1) is 0 Å². The third-order valence-electron chi connectivity index (χ3n) is 3.00. The maximum Gasteiger partial charge on any atom is 0.451 e. The van der Waals surface area contributed by atoms with Crippen LogP contribution in [0.3, 0.4) is 0 Å². The summed E-state index contributed by atoms with van der Waals surface area (Å²) in [4.78, 5) is 12.7. The number of alkyl halides is 3. The lowest BCUT2D eigenvalue weighted by Gasteiger charge is -2.31. The first-order valence-electron chi connectivity index (χ1n) is 5.33. The molecule has 1 atom stereocenters. The van der Waals surface area contributed by atoms with Gasteiger partial charge in [0, 0.05) is 13.1 Å². The summed E-state index contributed by atoms with van der Waals surface area (Å²) in [5.74, 6) is -1.32. The number of carbonyl (C=O) groups excluding carboxylic acids is 1. The molecule has 2 rings (SSSR count). The lowest BCUT2D eigenvalue weighted by molar-refractivity contribution is -0.148. The Labute approximate surface area is 101 Å². The van der Waals surface area contributed by atoms with E-state index in [0.29, 0.717) is 6.54 Å². The van der Waals surface area contributed by atoms with Crippen molar-refractivity contribution < 1.29 is 18.0 Å². The van der Waals surface area contributed by atoms with E-state index in [9.17, 15) is 18.0 Å². The summed E-state index contributed by atoms with van der Waals surface area (Å²) in [6, 6.07) is -0.537. The highest BCUT2D eigenvalue weighted by Gasteiger charge is 2.40. The zero-order chi connectivity index (χ0) is 13.5. The number of carbonyl (C=O) groups is 1. The third-order valence-corrected chi connectivity index (χ3v) is 3.00. The van der Waals surface area contributed by atoms with E-state index in [1.54, 1.807) is 11.8 Å². The van der Waals surface area contributed by atoms with Crippen LogP contribution < -0.4 is 5.73 Å². The van der Waals surface area contributed by atoms with Crippen molar-refractivity contribution in [2.75, 3.05) is 6.54 Å². The van der Waals surface area contributed by atoms with E-state index in [-0.39, 0.29) is 18.9 Å². The van der Waals surface area contributed by atoms with Gasteiger partial charge in [-0.25, -0.2) is 0 Å². The maximum atomic E-state index is 12.6. The Morgan fingerprint density at radius 3 is 2.61 bits per heavy atom. The van der Waals surface area contributed by atoms with Crippen LogP contribution in [0.25, 0.3) is 0 Å². The van der Waals surface area contributed by atoms with Gasteiger partial charge in [-0.1, -0.05) is 0 Å². The van der Waals surface area contributed by atoms with E-state index in [1.165, 1.54) is 0 Å². The second kappa shape index (κ2) is 4.23. The largest absolute Gasteiger partial charge is 0.451 e. The third kappa shape index (κ3) is 2.17. The predicted molar refractivity (Wildman–Crippen MR) is 54.1 cm³/mol. The minimum atomic E-state index is -4.51. The summed E-state index contributed by atoms with van der Waals surface area (Å²) in [5, 5.41) is 6.67. The quantitative estimate of drug-likeness (QED) is 0.814. The molecular weight excluding hydrogens is 251 g/mol. The Morgan fingerprint density at radius 2 is 2.06 bits per heavy atom. The smallest absolute Gasteiger partial charge is 0.368 e. The molecular formula is C9H12F3N5O. The van der Waals surface area contributed by atoms with Crippen molar-refractivity contribution in [2.24, 2.45) is 5.73 Å².